The molecule has 0 bridgehead atoms. The first-order chi connectivity index (χ1) is 8.47. The Morgan fingerprint density at radius 1 is 0.889 bits per heavy atom. The van der Waals surface area contributed by atoms with Crippen LogP contribution in [0, 0.1) is 23.3 Å². The van der Waals surface area contributed by atoms with Crippen molar-refractivity contribution in [1.82, 2.24) is 0 Å². The normalized spacial score (nSPS) is 10.4. The zero-order valence-corrected chi connectivity index (χ0v) is 8.88. The average Bonchev–Trinajstić information content (AvgIpc) is 2.28. The molecule has 2 nitrogen and oxygen atoms in total. The first kappa shape index (κ1) is 12.2. The van der Waals surface area contributed by atoms with Crippen LogP contribution in [0.15, 0.2) is 30.3 Å². The molecule has 2 aromatic rings. The van der Waals surface area contributed by atoms with Crippen molar-refractivity contribution in [3.8, 4) is 11.5 Å². The summed E-state index contributed by atoms with van der Waals surface area (Å²) < 4.78 is 57.0. The van der Waals surface area contributed by atoms with Crippen LogP contribution in [0.1, 0.15) is 0 Å². The van der Waals surface area contributed by atoms with Crippen LogP contribution < -0.4 is 10.5 Å². The molecule has 0 aliphatic rings. The molecule has 0 atom stereocenters. The summed E-state index contributed by atoms with van der Waals surface area (Å²) >= 11 is 0. The molecule has 0 saturated heterocycles. The van der Waals surface area contributed by atoms with Crippen molar-refractivity contribution in [1.29, 1.82) is 0 Å². The predicted molar refractivity (Wildman–Crippen MR) is 57.2 cm³/mol. The third kappa shape index (κ3) is 2.37. The van der Waals surface area contributed by atoms with Crippen LogP contribution in [-0.4, -0.2) is 0 Å². The lowest BCUT2D eigenvalue weighted by atomic mass is 10.2. The van der Waals surface area contributed by atoms with Gasteiger partial charge in [-0.2, -0.15) is 4.39 Å². The Kier molecular flexibility index (Phi) is 3.10. The van der Waals surface area contributed by atoms with Crippen LogP contribution in [0.3, 0.4) is 0 Å². The van der Waals surface area contributed by atoms with E-state index >= 15 is 0 Å². The SMILES string of the molecule is Nc1ccc(F)c(F)c1Oc1cc(F)cc(F)c1. The Morgan fingerprint density at radius 3 is 2.11 bits per heavy atom. The highest BCUT2D eigenvalue weighted by Crippen LogP contribution is 2.32. The van der Waals surface area contributed by atoms with E-state index in [4.69, 9.17) is 10.5 Å². The number of anilines is 1. The van der Waals surface area contributed by atoms with Crippen LogP contribution in [0.4, 0.5) is 23.2 Å². The molecule has 2 rings (SSSR count). The maximum atomic E-state index is 13.4. The van der Waals surface area contributed by atoms with Gasteiger partial charge in [-0.05, 0) is 12.1 Å². The predicted octanol–water partition coefficient (Wildman–Crippen LogP) is 3.62. The van der Waals surface area contributed by atoms with Gasteiger partial charge >= 0.3 is 0 Å². The van der Waals surface area contributed by atoms with E-state index in [1.54, 1.807) is 0 Å². The zero-order valence-electron chi connectivity index (χ0n) is 8.88. The first-order valence-corrected chi connectivity index (χ1v) is 4.85. The van der Waals surface area contributed by atoms with E-state index in [1.807, 2.05) is 0 Å². The second-order valence-corrected chi connectivity index (χ2v) is 3.49. The van der Waals surface area contributed by atoms with Crippen molar-refractivity contribution in [2.75, 3.05) is 5.73 Å². The van der Waals surface area contributed by atoms with Gasteiger partial charge in [-0.3, -0.25) is 0 Å². The van der Waals surface area contributed by atoms with Gasteiger partial charge in [-0.15, -0.1) is 0 Å². The zero-order chi connectivity index (χ0) is 13.3. The van der Waals surface area contributed by atoms with Gasteiger partial charge < -0.3 is 10.5 Å². The van der Waals surface area contributed by atoms with Gasteiger partial charge in [0, 0.05) is 18.2 Å². The maximum Gasteiger partial charge on any atom is 0.203 e. The summed E-state index contributed by atoms with van der Waals surface area (Å²) in [4.78, 5) is 0. The highest BCUT2D eigenvalue weighted by molar-refractivity contribution is 5.54. The molecule has 2 N–H and O–H groups in total. The quantitative estimate of drug-likeness (QED) is 0.658. The van der Waals surface area contributed by atoms with Gasteiger partial charge in [0.15, 0.2) is 11.6 Å². The smallest absolute Gasteiger partial charge is 0.203 e. The number of hydrogen-bond acceptors (Lipinski definition) is 2. The van der Waals surface area contributed by atoms with Gasteiger partial charge in [0.2, 0.25) is 5.82 Å². The van der Waals surface area contributed by atoms with Crippen molar-refractivity contribution < 1.29 is 22.3 Å². The fourth-order valence-electron chi connectivity index (χ4n) is 1.36. The van der Waals surface area contributed by atoms with Crippen molar-refractivity contribution in [3.05, 3.63) is 53.6 Å². The Morgan fingerprint density at radius 2 is 1.50 bits per heavy atom. The minimum atomic E-state index is -1.32. The molecule has 18 heavy (non-hydrogen) atoms. The minimum absolute atomic E-state index is 0.182. The lowest BCUT2D eigenvalue weighted by Gasteiger charge is -2.10. The summed E-state index contributed by atoms with van der Waals surface area (Å²) in [6.45, 7) is 0. The lowest BCUT2D eigenvalue weighted by Crippen LogP contribution is -1.98. The van der Waals surface area contributed by atoms with E-state index in [0.29, 0.717) is 6.07 Å². The Bertz CT molecular complexity index is 581. The fraction of sp³-hybridized carbons (Fsp3) is 0. The van der Waals surface area contributed by atoms with Crippen molar-refractivity contribution in [2.24, 2.45) is 0 Å². The van der Waals surface area contributed by atoms with Gasteiger partial charge in [-0.1, -0.05) is 0 Å². The molecule has 2 aromatic carbocycles. The molecule has 6 heteroatoms. The monoisotopic (exact) mass is 257 g/mol. The van der Waals surface area contributed by atoms with Crippen molar-refractivity contribution >= 4 is 5.69 Å². The molecule has 0 heterocycles. The van der Waals surface area contributed by atoms with E-state index in [1.165, 1.54) is 0 Å². The minimum Gasteiger partial charge on any atom is -0.452 e. The average molecular weight is 257 g/mol. The van der Waals surface area contributed by atoms with Gasteiger partial charge in [0.05, 0.1) is 5.69 Å². The summed E-state index contributed by atoms with van der Waals surface area (Å²) in [6, 6.07) is 4.19. The molecule has 0 spiro atoms. The second-order valence-electron chi connectivity index (χ2n) is 3.49. The van der Waals surface area contributed by atoms with E-state index in [2.05, 4.69) is 0 Å². The number of hydrogen-bond donors (Lipinski definition) is 1. The molecular weight excluding hydrogens is 250 g/mol. The highest BCUT2D eigenvalue weighted by Gasteiger charge is 2.15. The molecule has 94 valence electrons. The van der Waals surface area contributed by atoms with Crippen LogP contribution in [-0.2, 0) is 0 Å². The van der Waals surface area contributed by atoms with Gasteiger partial charge in [0.1, 0.15) is 17.4 Å². The first-order valence-electron chi connectivity index (χ1n) is 4.85. The van der Waals surface area contributed by atoms with E-state index in [9.17, 15) is 17.6 Å². The topological polar surface area (TPSA) is 35.2 Å². The van der Waals surface area contributed by atoms with E-state index < -0.39 is 29.0 Å². The number of halogens is 4. The number of nitrogens with two attached hydrogens (primary N) is 1. The molecule has 0 unspecified atom stereocenters. The van der Waals surface area contributed by atoms with Gasteiger partial charge in [0.25, 0.3) is 0 Å². The third-order valence-electron chi connectivity index (χ3n) is 2.14. The van der Waals surface area contributed by atoms with Crippen molar-refractivity contribution in [2.45, 2.75) is 0 Å². The number of nitrogen functional groups attached to an aromatic ring is 1. The molecule has 0 saturated carbocycles. The summed E-state index contributed by atoms with van der Waals surface area (Å²) in [6.07, 6.45) is 0. The molecule has 0 aliphatic heterocycles. The number of rotatable bonds is 2. The maximum absolute atomic E-state index is 13.4. The van der Waals surface area contributed by atoms with Crippen LogP contribution in [0.2, 0.25) is 0 Å². The van der Waals surface area contributed by atoms with Gasteiger partial charge in [-0.25, -0.2) is 13.2 Å². The standard InChI is InChI=1S/C12H7F4NO/c13-6-3-7(14)5-8(4-6)18-12-10(17)2-1-9(15)11(12)16/h1-5H,17H2. The third-order valence-corrected chi connectivity index (χ3v) is 2.14. The Hall–Kier alpha value is -2.24. The lowest BCUT2D eigenvalue weighted by molar-refractivity contribution is 0.413. The summed E-state index contributed by atoms with van der Waals surface area (Å²) in [5.41, 5.74) is 5.21. The molecular formula is C12H7F4NO. The second kappa shape index (κ2) is 4.56. The molecule has 0 fully saturated rings. The molecule has 0 amide bonds. The fourth-order valence-corrected chi connectivity index (χ4v) is 1.36. The van der Waals surface area contributed by atoms with Crippen LogP contribution >= 0.6 is 0 Å². The number of benzene rings is 2. The molecule has 0 aromatic heterocycles. The van der Waals surface area contributed by atoms with Crippen molar-refractivity contribution in [3.63, 3.8) is 0 Å². The largest absolute Gasteiger partial charge is 0.452 e. The van der Waals surface area contributed by atoms with Crippen LogP contribution in [0.5, 0.6) is 11.5 Å². The summed E-state index contributed by atoms with van der Waals surface area (Å²) in [7, 11) is 0. The van der Waals surface area contributed by atoms with E-state index in [-0.39, 0.29) is 11.4 Å². The summed E-state index contributed by atoms with van der Waals surface area (Å²) in [5, 5.41) is 0. The highest BCUT2D eigenvalue weighted by atomic mass is 19.2. The summed E-state index contributed by atoms with van der Waals surface area (Å²) in [5.74, 6) is -5.22. The molecule has 0 aliphatic carbocycles. The number of ether oxygens (including phenoxy) is 1. The Balaban J connectivity index is 2.42. The van der Waals surface area contributed by atoms with Crippen LogP contribution in [0.25, 0.3) is 0 Å². The Labute approximate surface area is 99.6 Å². The molecule has 0 radical (unpaired) electrons. The van der Waals surface area contributed by atoms with E-state index in [0.717, 1.165) is 24.3 Å².